The zero-order valence-corrected chi connectivity index (χ0v) is 15.4. The van der Waals surface area contributed by atoms with Crippen LogP contribution in [0.3, 0.4) is 0 Å². The third-order valence-corrected chi connectivity index (χ3v) is 5.34. The van der Waals surface area contributed by atoms with Gasteiger partial charge in [0.15, 0.2) is 0 Å². The Bertz CT molecular complexity index is 885. The summed E-state index contributed by atoms with van der Waals surface area (Å²) < 4.78 is 12.4. The molecule has 0 heterocycles. The molecule has 0 atom stereocenters. The second-order valence-electron chi connectivity index (χ2n) is 6.48. The van der Waals surface area contributed by atoms with Crippen LogP contribution in [0.15, 0.2) is 60.7 Å². The Kier molecular flexibility index (Phi) is 4.66. The van der Waals surface area contributed by atoms with E-state index in [1.54, 1.807) is 0 Å². The Balaban J connectivity index is 2.34. The quantitative estimate of drug-likeness (QED) is 0.669. The number of aryl methyl sites for hydroxylation is 3. The monoisotopic (exact) mass is 352 g/mol. The van der Waals surface area contributed by atoms with E-state index in [2.05, 4.69) is 0 Å². The van der Waals surface area contributed by atoms with Crippen LogP contribution in [0.1, 0.15) is 16.7 Å². The Labute approximate surface area is 148 Å². The van der Waals surface area contributed by atoms with Crippen molar-refractivity contribution in [1.29, 1.82) is 0 Å². The largest absolute Gasteiger partial charge is 0.357 e. The maximum atomic E-state index is 12.4. The number of hydrogen-bond acceptors (Lipinski definition) is 1. The van der Waals surface area contributed by atoms with Gasteiger partial charge in [-0.1, -0.05) is 71.8 Å². The van der Waals surface area contributed by atoms with Gasteiger partial charge in [0, 0.05) is 0 Å². The molecule has 128 valence electrons. The molecule has 0 aliphatic heterocycles. The molecule has 0 spiro atoms. The highest BCUT2D eigenvalue weighted by Gasteiger charge is 2.27. The Morgan fingerprint density at radius 1 is 0.640 bits per heavy atom. The van der Waals surface area contributed by atoms with Gasteiger partial charge in [-0.25, -0.2) is 0 Å². The van der Waals surface area contributed by atoms with Crippen molar-refractivity contribution < 1.29 is 14.4 Å². The van der Waals surface area contributed by atoms with Gasteiger partial charge in [-0.05, 0) is 48.6 Å². The lowest BCUT2D eigenvalue weighted by atomic mass is 9.95. The van der Waals surface area contributed by atoms with Crippen LogP contribution in [0, 0.1) is 20.8 Å². The second kappa shape index (κ2) is 6.61. The van der Waals surface area contributed by atoms with E-state index in [4.69, 9.17) is 0 Å². The van der Waals surface area contributed by atoms with Crippen LogP contribution in [-0.2, 0) is 4.57 Å². The third kappa shape index (κ3) is 3.74. The van der Waals surface area contributed by atoms with Gasteiger partial charge >= 0.3 is 7.60 Å². The summed E-state index contributed by atoms with van der Waals surface area (Å²) in [5.41, 5.74) is 5.96. The molecule has 0 amide bonds. The highest BCUT2D eigenvalue weighted by Crippen LogP contribution is 2.43. The van der Waals surface area contributed by atoms with Gasteiger partial charge in [0.25, 0.3) is 0 Å². The molecule has 0 aliphatic rings. The van der Waals surface area contributed by atoms with Crippen molar-refractivity contribution in [2.24, 2.45) is 0 Å². The molecule has 2 N–H and O–H groups in total. The molecule has 0 saturated heterocycles. The molecule has 0 fully saturated rings. The zero-order valence-electron chi connectivity index (χ0n) is 14.5. The van der Waals surface area contributed by atoms with Crippen molar-refractivity contribution in [3.05, 3.63) is 77.4 Å². The first-order chi connectivity index (χ1) is 11.8. The maximum Gasteiger partial charge on any atom is 0.357 e. The van der Waals surface area contributed by atoms with Gasteiger partial charge < -0.3 is 9.79 Å². The summed E-state index contributed by atoms with van der Waals surface area (Å²) in [6.45, 7) is 5.92. The fourth-order valence-electron chi connectivity index (χ4n) is 3.00. The van der Waals surface area contributed by atoms with Gasteiger partial charge in [0.2, 0.25) is 0 Å². The minimum atomic E-state index is -4.47. The smallest absolute Gasteiger partial charge is 0.321 e. The summed E-state index contributed by atoms with van der Waals surface area (Å²) in [7, 11) is -4.47. The zero-order chi connectivity index (χ0) is 18.2. The van der Waals surface area contributed by atoms with Gasteiger partial charge in [0.1, 0.15) is 0 Å². The average Bonchev–Trinajstić information content (AvgIpc) is 2.54. The summed E-state index contributed by atoms with van der Waals surface area (Å²) in [5, 5.41) is 0.0887. The first-order valence-electron chi connectivity index (χ1n) is 8.10. The van der Waals surface area contributed by atoms with Crippen LogP contribution in [0.4, 0.5) is 0 Å². The van der Waals surface area contributed by atoms with Crippen LogP contribution in [0.5, 0.6) is 0 Å². The standard InChI is InChI=1S/C21H21O3P/c1-14-4-8-17(9-5-14)19-12-16(3)13-20(21(19)25(22,23)24)18-10-6-15(2)7-11-18/h4-13H,1-3H3,(H2,22,23,24). The lowest BCUT2D eigenvalue weighted by Gasteiger charge is -2.18. The molecule has 3 rings (SSSR count). The van der Waals surface area contributed by atoms with E-state index >= 15 is 0 Å². The normalized spacial score (nSPS) is 11.6. The molecule has 0 aromatic heterocycles. The molecule has 0 saturated carbocycles. The summed E-state index contributed by atoms with van der Waals surface area (Å²) in [5.74, 6) is 0. The van der Waals surface area contributed by atoms with Crippen LogP contribution >= 0.6 is 7.60 Å². The first-order valence-corrected chi connectivity index (χ1v) is 9.72. The molecular formula is C21H21O3P. The van der Waals surface area contributed by atoms with E-state index in [1.807, 2.05) is 81.4 Å². The van der Waals surface area contributed by atoms with E-state index in [0.29, 0.717) is 11.1 Å². The predicted molar refractivity (Wildman–Crippen MR) is 103 cm³/mol. The van der Waals surface area contributed by atoms with Crippen LogP contribution < -0.4 is 5.30 Å². The van der Waals surface area contributed by atoms with Gasteiger partial charge in [-0.2, -0.15) is 0 Å². The molecular weight excluding hydrogens is 331 g/mol. The minimum Gasteiger partial charge on any atom is -0.321 e. The van der Waals surface area contributed by atoms with Crippen molar-refractivity contribution in [3.63, 3.8) is 0 Å². The van der Waals surface area contributed by atoms with Gasteiger partial charge in [-0.3, -0.25) is 4.57 Å². The summed E-state index contributed by atoms with van der Waals surface area (Å²) >= 11 is 0. The van der Waals surface area contributed by atoms with E-state index in [9.17, 15) is 14.4 Å². The lowest BCUT2D eigenvalue weighted by molar-refractivity contribution is 0.387. The number of rotatable bonds is 3. The van der Waals surface area contributed by atoms with E-state index in [1.165, 1.54) is 0 Å². The predicted octanol–water partition coefficient (Wildman–Crippen LogP) is 4.75. The number of hydrogen-bond donors (Lipinski definition) is 2. The molecule has 0 bridgehead atoms. The van der Waals surface area contributed by atoms with Gasteiger partial charge in [-0.15, -0.1) is 0 Å². The Morgan fingerprint density at radius 2 is 1.00 bits per heavy atom. The SMILES string of the molecule is Cc1ccc(-c2cc(C)cc(-c3ccc(C)cc3)c2P(=O)(O)O)cc1. The fourth-order valence-corrected chi connectivity index (χ4v) is 4.01. The topological polar surface area (TPSA) is 57.5 Å². The molecule has 3 nitrogen and oxygen atoms in total. The Hall–Kier alpha value is -2.19. The Morgan fingerprint density at radius 3 is 1.32 bits per heavy atom. The second-order valence-corrected chi connectivity index (χ2v) is 8.02. The van der Waals surface area contributed by atoms with Crippen LogP contribution in [0.2, 0.25) is 0 Å². The lowest BCUT2D eigenvalue weighted by Crippen LogP contribution is -2.12. The van der Waals surface area contributed by atoms with Crippen molar-refractivity contribution in [2.75, 3.05) is 0 Å². The molecule has 3 aromatic rings. The molecule has 25 heavy (non-hydrogen) atoms. The molecule has 0 radical (unpaired) electrons. The third-order valence-electron chi connectivity index (χ3n) is 4.27. The number of benzene rings is 3. The highest BCUT2D eigenvalue weighted by atomic mass is 31.2. The van der Waals surface area contributed by atoms with E-state index < -0.39 is 7.60 Å². The first kappa shape index (κ1) is 17.6. The van der Waals surface area contributed by atoms with Crippen molar-refractivity contribution in [2.45, 2.75) is 20.8 Å². The van der Waals surface area contributed by atoms with Crippen LogP contribution in [0.25, 0.3) is 22.3 Å². The molecule has 0 unspecified atom stereocenters. The summed E-state index contributed by atoms with van der Waals surface area (Å²) in [4.78, 5) is 20.2. The van der Waals surface area contributed by atoms with E-state index in [-0.39, 0.29) is 5.30 Å². The molecule has 3 aromatic carbocycles. The summed E-state index contributed by atoms with van der Waals surface area (Å²) in [6, 6.07) is 19.1. The van der Waals surface area contributed by atoms with Crippen molar-refractivity contribution in [1.82, 2.24) is 0 Å². The van der Waals surface area contributed by atoms with Gasteiger partial charge in [0.05, 0.1) is 5.30 Å². The molecule has 0 aliphatic carbocycles. The fraction of sp³-hybridized carbons (Fsp3) is 0.143. The molecule has 4 heteroatoms. The minimum absolute atomic E-state index is 0.0887. The summed E-state index contributed by atoms with van der Waals surface area (Å²) in [6.07, 6.45) is 0. The average molecular weight is 352 g/mol. The van der Waals surface area contributed by atoms with E-state index in [0.717, 1.165) is 27.8 Å². The van der Waals surface area contributed by atoms with Crippen molar-refractivity contribution >= 4 is 12.9 Å². The van der Waals surface area contributed by atoms with Crippen LogP contribution in [-0.4, -0.2) is 9.79 Å². The highest BCUT2D eigenvalue weighted by molar-refractivity contribution is 7.61. The maximum absolute atomic E-state index is 12.4. The van der Waals surface area contributed by atoms with Crippen molar-refractivity contribution in [3.8, 4) is 22.3 Å².